The molecule has 4 rings (SSSR count). The van der Waals surface area contributed by atoms with Gasteiger partial charge in [-0.15, -0.1) is 0 Å². The van der Waals surface area contributed by atoms with Gasteiger partial charge >= 0.3 is 0 Å². The Bertz CT molecular complexity index is 1340. The van der Waals surface area contributed by atoms with Gasteiger partial charge in [-0.25, -0.2) is 0 Å². The molecule has 0 radical (unpaired) electrons. The number of imide groups is 1. The summed E-state index contributed by atoms with van der Waals surface area (Å²) >= 11 is 6.63. The van der Waals surface area contributed by atoms with Crippen molar-refractivity contribution in [3.05, 3.63) is 93.3 Å². The Morgan fingerprint density at radius 1 is 1.06 bits per heavy atom. The summed E-state index contributed by atoms with van der Waals surface area (Å²) in [5, 5.41) is 2.67. The number of carbonyl (C=O) groups is 3. The van der Waals surface area contributed by atoms with Gasteiger partial charge in [-0.2, -0.15) is 0 Å². The van der Waals surface area contributed by atoms with E-state index in [9.17, 15) is 14.4 Å². The fourth-order valence-electron chi connectivity index (χ4n) is 3.52. The minimum Gasteiger partial charge on any atom is -0.493 e. The molecular formula is C27H23ClN2O5S. The smallest absolute Gasteiger partial charge is 0.294 e. The minimum atomic E-state index is -0.532. The number of amides is 3. The maximum atomic E-state index is 12.8. The lowest BCUT2D eigenvalue weighted by atomic mass is 10.1. The number of rotatable bonds is 8. The minimum absolute atomic E-state index is 0.217. The normalized spacial score (nSPS) is 14.3. The summed E-state index contributed by atoms with van der Waals surface area (Å²) in [5.74, 6) is 0.0359. The lowest BCUT2D eigenvalue weighted by molar-refractivity contribution is -0.127. The third-order valence-corrected chi connectivity index (χ3v) is 6.42. The fraction of sp³-hybridized carbons (Fsp3) is 0.148. The van der Waals surface area contributed by atoms with E-state index >= 15 is 0 Å². The zero-order chi connectivity index (χ0) is 25.7. The molecule has 9 heteroatoms. The molecule has 0 spiro atoms. The largest absolute Gasteiger partial charge is 0.493 e. The van der Waals surface area contributed by atoms with Gasteiger partial charge < -0.3 is 14.8 Å². The first-order valence-electron chi connectivity index (χ1n) is 11.0. The fourth-order valence-corrected chi connectivity index (χ4v) is 4.49. The van der Waals surface area contributed by atoms with Crippen molar-refractivity contribution in [2.45, 2.75) is 13.5 Å². The van der Waals surface area contributed by atoms with Gasteiger partial charge in [0, 0.05) is 10.7 Å². The molecule has 1 heterocycles. The summed E-state index contributed by atoms with van der Waals surface area (Å²) in [6, 6.07) is 19.8. The average Bonchev–Trinajstić information content (AvgIpc) is 3.11. The quantitative estimate of drug-likeness (QED) is 0.370. The number of carbonyl (C=O) groups excluding carboxylic acids is 3. The van der Waals surface area contributed by atoms with Gasteiger partial charge in [0.05, 0.1) is 12.0 Å². The molecule has 1 fully saturated rings. The zero-order valence-electron chi connectivity index (χ0n) is 19.6. The van der Waals surface area contributed by atoms with Crippen LogP contribution in [0.1, 0.15) is 16.7 Å². The molecule has 0 unspecified atom stereocenters. The number of nitrogens with zero attached hydrogens (tertiary/aromatic N) is 1. The van der Waals surface area contributed by atoms with Crippen molar-refractivity contribution in [3.63, 3.8) is 0 Å². The van der Waals surface area contributed by atoms with Crippen molar-refractivity contribution in [1.82, 2.24) is 4.90 Å². The van der Waals surface area contributed by atoms with Crippen molar-refractivity contribution < 1.29 is 23.9 Å². The van der Waals surface area contributed by atoms with E-state index in [0.717, 1.165) is 27.8 Å². The Labute approximate surface area is 218 Å². The molecule has 1 aliphatic rings. The first-order chi connectivity index (χ1) is 17.3. The molecule has 3 aromatic carbocycles. The number of nitrogens with one attached hydrogen (secondary N) is 1. The SMILES string of the molecule is COc1cc(/C=C2\SC(=O)N(CC(=O)Nc3ccc(Cl)cc3)C2=O)ccc1OCc1cccc(C)c1. The second-order valence-electron chi connectivity index (χ2n) is 8.01. The van der Waals surface area contributed by atoms with Crippen molar-refractivity contribution in [2.24, 2.45) is 0 Å². The number of benzene rings is 3. The van der Waals surface area contributed by atoms with Crippen LogP contribution in [-0.2, 0) is 16.2 Å². The Morgan fingerprint density at radius 2 is 1.83 bits per heavy atom. The van der Waals surface area contributed by atoms with Crippen LogP contribution >= 0.6 is 23.4 Å². The lowest BCUT2D eigenvalue weighted by Gasteiger charge is -2.13. The number of hydrogen-bond donors (Lipinski definition) is 1. The summed E-state index contributed by atoms with van der Waals surface area (Å²) in [7, 11) is 1.53. The van der Waals surface area contributed by atoms with Crippen LogP contribution in [0.3, 0.4) is 0 Å². The van der Waals surface area contributed by atoms with E-state index in [1.165, 1.54) is 7.11 Å². The second-order valence-corrected chi connectivity index (χ2v) is 9.44. The van der Waals surface area contributed by atoms with E-state index < -0.39 is 17.1 Å². The van der Waals surface area contributed by atoms with Gasteiger partial charge in [0.2, 0.25) is 5.91 Å². The summed E-state index contributed by atoms with van der Waals surface area (Å²) in [6.07, 6.45) is 1.59. The van der Waals surface area contributed by atoms with Gasteiger partial charge in [0.1, 0.15) is 13.2 Å². The molecule has 184 valence electrons. The van der Waals surface area contributed by atoms with Crippen LogP contribution in [0, 0.1) is 6.92 Å². The summed E-state index contributed by atoms with van der Waals surface area (Å²) < 4.78 is 11.4. The molecule has 0 aliphatic carbocycles. The second kappa shape index (κ2) is 11.3. The predicted octanol–water partition coefficient (Wildman–Crippen LogP) is 5.91. The van der Waals surface area contributed by atoms with E-state index in [1.54, 1.807) is 48.5 Å². The maximum absolute atomic E-state index is 12.8. The Hall–Kier alpha value is -3.75. The summed E-state index contributed by atoms with van der Waals surface area (Å²) in [6.45, 7) is 2.01. The van der Waals surface area contributed by atoms with Crippen molar-refractivity contribution in [2.75, 3.05) is 19.0 Å². The van der Waals surface area contributed by atoms with Gasteiger partial charge in [-0.05, 0) is 72.3 Å². The number of halogens is 1. The molecule has 0 saturated carbocycles. The van der Waals surface area contributed by atoms with E-state index in [0.29, 0.717) is 34.4 Å². The maximum Gasteiger partial charge on any atom is 0.294 e. The van der Waals surface area contributed by atoms with Gasteiger partial charge in [-0.3, -0.25) is 19.3 Å². The number of ether oxygens (including phenoxy) is 2. The number of anilines is 1. The molecule has 0 atom stereocenters. The van der Waals surface area contributed by atoms with Crippen LogP contribution in [0.5, 0.6) is 11.5 Å². The zero-order valence-corrected chi connectivity index (χ0v) is 21.2. The van der Waals surface area contributed by atoms with Gasteiger partial charge in [0.15, 0.2) is 11.5 Å². The Balaban J connectivity index is 1.42. The number of thioether (sulfide) groups is 1. The third-order valence-electron chi connectivity index (χ3n) is 5.27. The van der Waals surface area contributed by atoms with Crippen molar-refractivity contribution in [3.8, 4) is 11.5 Å². The van der Waals surface area contributed by atoms with Crippen LogP contribution in [0.15, 0.2) is 71.6 Å². The molecule has 7 nitrogen and oxygen atoms in total. The van der Waals surface area contributed by atoms with Crippen molar-refractivity contribution in [1.29, 1.82) is 0 Å². The molecule has 0 bridgehead atoms. The Morgan fingerprint density at radius 3 is 2.56 bits per heavy atom. The number of methoxy groups -OCH3 is 1. The first kappa shape index (κ1) is 25.3. The van der Waals surface area contributed by atoms with Crippen LogP contribution in [0.2, 0.25) is 5.02 Å². The molecule has 36 heavy (non-hydrogen) atoms. The predicted molar refractivity (Wildman–Crippen MR) is 141 cm³/mol. The van der Waals surface area contributed by atoms with E-state index in [4.69, 9.17) is 21.1 Å². The highest BCUT2D eigenvalue weighted by Gasteiger charge is 2.36. The van der Waals surface area contributed by atoms with E-state index in [2.05, 4.69) is 5.32 Å². The molecule has 1 aliphatic heterocycles. The first-order valence-corrected chi connectivity index (χ1v) is 12.2. The lowest BCUT2D eigenvalue weighted by Crippen LogP contribution is -2.36. The highest BCUT2D eigenvalue weighted by molar-refractivity contribution is 8.18. The monoisotopic (exact) mass is 522 g/mol. The molecule has 1 saturated heterocycles. The molecular weight excluding hydrogens is 500 g/mol. The summed E-state index contributed by atoms with van der Waals surface area (Å²) in [4.78, 5) is 38.7. The van der Waals surface area contributed by atoms with Crippen LogP contribution in [0.4, 0.5) is 10.5 Å². The van der Waals surface area contributed by atoms with Crippen molar-refractivity contribution >= 4 is 52.2 Å². The molecule has 1 N–H and O–H groups in total. The number of hydrogen-bond acceptors (Lipinski definition) is 6. The summed E-state index contributed by atoms with van der Waals surface area (Å²) in [5.41, 5.74) is 3.36. The van der Waals surface area contributed by atoms with Crippen LogP contribution in [0.25, 0.3) is 6.08 Å². The molecule has 3 aromatic rings. The van der Waals surface area contributed by atoms with Gasteiger partial charge in [-0.1, -0.05) is 47.5 Å². The third kappa shape index (κ3) is 6.27. The standard InChI is InChI=1S/C27H23ClN2O5S/c1-17-4-3-5-19(12-17)16-35-22-11-6-18(13-23(22)34-2)14-24-26(32)30(27(33)36-24)15-25(31)29-21-9-7-20(28)8-10-21/h3-14H,15-16H2,1-2H3,(H,29,31)/b24-14-. The number of aryl methyl sites for hydroxylation is 1. The van der Waals surface area contributed by atoms with E-state index in [1.807, 2.05) is 31.2 Å². The van der Waals surface area contributed by atoms with E-state index in [-0.39, 0.29) is 11.4 Å². The Kier molecular flexibility index (Phi) is 7.97. The average molecular weight is 523 g/mol. The topological polar surface area (TPSA) is 84.9 Å². The van der Waals surface area contributed by atoms with Crippen LogP contribution < -0.4 is 14.8 Å². The van der Waals surface area contributed by atoms with Gasteiger partial charge in [0.25, 0.3) is 11.1 Å². The molecule has 3 amide bonds. The van der Waals surface area contributed by atoms with Crippen LogP contribution in [-0.4, -0.2) is 35.6 Å². The molecule has 0 aromatic heterocycles. The highest BCUT2D eigenvalue weighted by atomic mass is 35.5. The highest BCUT2D eigenvalue weighted by Crippen LogP contribution is 2.34.